The van der Waals surface area contributed by atoms with Crippen molar-refractivity contribution in [1.82, 2.24) is 15.6 Å². The average molecular weight is 360 g/mol. The molecule has 0 bridgehead atoms. The van der Waals surface area contributed by atoms with E-state index < -0.39 is 0 Å². The summed E-state index contributed by atoms with van der Waals surface area (Å²) < 4.78 is 0. The van der Waals surface area contributed by atoms with Crippen molar-refractivity contribution in [3.8, 4) is 10.6 Å². The van der Waals surface area contributed by atoms with Crippen LogP contribution in [0.2, 0.25) is 0 Å². The number of thiazole rings is 1. The Morgan fingerprint density at radius 1 is 1.41 bits per heavy atom. The van der Waals surface area contributed by atoms with Gasteiger partial charge in [-0.15, -0.1) is 36.2 Å². The molecule has 1 aliphatic rings. The number of hydrogen-bond donors (Lipinski definition) is 2. The number of nitrogens with zero attached hydrogens (tertiary/aromatic N) is 1. The molecule has 1 amide bonds. The first-order valence-corrected chi connectivity index (χ1v) is 7.64. The molecule has 1 aromatic carbocycles. The highest BCUT2D eigenvalue weighted by Crippen LogP contribution is 2.24. The van der Waals surface area contributed by atoms with Gasteiger partial charge in [0.1, 0.15) is 5.01 Å². The normalized spacial score (nSPS) is 16.5. The van der Waals surface area contributed by atoms with Gasteiger partial charge in [-0.1, -0.05) is 12.1 Å². The van der Waals surface area contributed by atoms with Crippen LogP contribution in [0.5, 0.6) is 0 Å². The van der Waals surface area contributed by atoms with Gasteiger partial charge in [0.2, 0.25) is 0 Å². The molecule has 0 saturated carbocycles. The number of benzene rings is 1. The van der Waals surface area contributed by atoms with Gasteiger partial charge >= 0.3 is 0 Å². The second-order valence-electron chi connectivity index (χ2n) is 5.04. The van der Waals surface area contributed by atoms with Crippen LogP contribution in [0.1, 0.15) is 22.5 Å². The van der Waals surface area contributed by atoms with Crippen LogP contribution in [-0.4, -0.2) is 30.0 Å². The molecule has 4 nitrogen and oxygen atoms in total. The molecule has 0 radical (unpaired) electrons. The number of aryl methyl sites for hydroxylation is 1. The lowest BCUT2D eigenvalue weighted by atomic mass is 10.1. The summed E-state index contributed by atoms with van der Waals surface area (Å²) in [5.74, 6) is -0.00571. The van der Waals surface area contributed by atoms with E-state index in [2.05, 4.69) is 15.6 Å². The standard InChI is InChI=1S/C15H17N3OS.2ClH/c1-10-9-20-15(17-10)12-4-2-3-11(7-12)14(19)18-13-5-6-16-8-13;;/h2-4,7,9,13,16H,5-6,8H2,1H3,(H,18,19);2*1H. The zero-order valence-corrected chi connectivity index (χ0v) is 14.6. The zero-order valence-electron chi connectivity index (χ0n) is 12.2. The van der Waals surface area contributed by atoms with E-state index >= 15 is 0 Å². The number of carbonyl (C=O) groups excluding carboxylic acids is 1. The van der Waals surface area contributed by atoms with Crippen LogP contribution in [0, 0.1) is 6.92 Å². The van der Waals surface area contributed by atoms with E-state index in [0.29, 0.717) is 5.56 Å². The van der Waals surface area contributed by atoms with Crippen molar-refractivity contribution >= 4 is 42.1 Å². The van der Waals surface area contributed by atoms with Gasteiger partial charge in [-0.2, -0.15) is 0 Å². The molecule has 7 heteroatoms. The maximum atomic E-state index is 12.2. The van der Waals surface area contributed by atoms with Crippen molar-refractivity contribution in [1.29, 1.82) is 0 Å². The third kappa shape index (κ3) is 4.43. The molecule has 120 valence electrons. The Bertz CT molecular complexity index is 627. The largest absolute Gasteiger partial charge is 0.348 e. The molecule has 2 aromatic rings. The summed E-state index contributed by atoms with van der Waals surface area (Å²) in [6, 6.07) is 7.91. The van der Waals surface area contributed by atoms with Gasteiger partial charge < -0.3 is 10.6 Å². The Hall–Kier alpha value is -1.14. The summed E-state index contributed by atoms with van der Waals surface area (Å²) in [5, 5.41) is 9.28. The van der Waals surface area contributed by atoms with Crippen molar-refractivity contribution in [2.45, 2.75) is 19.4 Å². The number of aromatic nitrogens is 1. The Kier molecular flexibility index (Phi) is 7.29. The summed E-state index contributed by atoms with van der Waals surface area (Å²) in [6.07, 6.45) is 0.997. The van der Waals surface area contributed by atoms with Crippen LogP contribution < -0.4 is 10.6 Å². The first-order chi connectivity index (χ1) is 9.72. The van der Waals surface area contributed by atoms with E-state index in [1.807, 2.05) is 36.6 Å². The fraction of sp³-hybridized carbons (Fsp3) is 0.333. The zero-order chi connectivity index (χ0) is 13.9. The van der Waals surface area contributed by atoms with Crippen molar-refractivity contribution in [2.24, 2.45) is 0 Å². The van der Waals surface area contributed by atoms with E-state index in [1.54, 1.807) is 11.3 Å². The minimum atomic E-state index is -0.00571. The minimum Gasteiger partial charge on any atom is -0.348 e. The van der Waals surface area contributed by atoms with Gasteiger partial charge in [-0.3, -0.25) is 4.79 Å². The van der Waals surface area contributed by atoms with Gasteiger partial charge in [0.15, 0.2) is 0 Å². The smallest absolute Gasteiger partial charge is 0.251 e. The van der Waals surface area contributed by atoms with Crippen molar-refractivity contribution in [2.75, 3.05) is 13.1 Å². The number of nitrogens with one attached hydrogen (secondary N) is 2. The molecule has 0 spiro atoms. The maximum absolute atomic E-state index is 12.2. The molecule has 22 heavy (non-hydrogen) atoms. The summed E-state index contributed by atoms with van der Waals surface area (Å²) in [6.45, 7) is 3.81. The fourth-order valence-electron chi connectivity index (χ4n) is 2.33. The fourth-order valence-corrected chi connectivity index (χ4v) is 3.12. The second-order valence-corrected chi connectivity index (χ2v) is 5.90. The summed E-state index contributed by atoms with van der Waals surface area (Å²) >= 11 is 1.60. The Balaban J connectivity index is 0.00000121. The highest BCUT2D eigenvalue weighted by atomic mass is 35.5. The number of halogens is 2. The lowest BCUT2D eigenvalue weighted by Gasteiger charge is -2.11. The van der Waals surface area contributed by atoms with E-state index in [0.717, 1.165) is 35.8 Å². The Morgan fingerprint density at radius 3 is 2.86 bits per heavy atom. The predicted octanol–water partition coefficient (Wildman–Crippen LogP) is 3.05. The quantitative estimate of drug-likeness (QED) is 0.885. The number of hydrogen-bond acceptors (Lipinski definition) is 4. The third-order valence-electron chi connectivity index (χ3n) is 3.39. The van der Waals surface area contributed by atoms with Crippen LogP contribution in [0.3, 0.4) is 0 Å². The van der Waals surface area contributed by atoms with Crippen LogP contribution >= 0.6 is 36.2 Å². The molecule has 1 saturated heterocycles. The van der Waals surface area contributed by atoms with Crippen LogP contribution in [-0.2, 0) is 0 Å². The van der Waals surface area contributed by atoms with Gasteiger partial charge in [0.25, 0.3) is 5.91 Å². The first kappa shape index (κ1) is 18.9. The monoisotopic (exact) mass is 359 g/mol. The SMILES string of the molecule is Cc1csc(-c2cccc(C(=O)NC3CCNC3)c2)n1.Cl.Cl. The summed E-state index contributed by atoms with van der Waals surface area (Å²) in [7, 11) is 0. The van der Waals surface area contributed by atoms with Gasteiger partial charge in [-0.25, -0.2) is 4.98 Å². The van der Waals surface area contributed by atoms with Crippen molar-refractivity contribution < 1.29 is 4.79 Å². The predicted molar refractivity (Wildman–Crippen MR) is 95.5 cm³/mol. The van der Waals surface area contributed by atoms with Gasteiger partial charge in [0.05, 0.1) is 0 Å². The molecule has 1 fully saturated rings. The van der Waals surface area contributed by atoms with E-state index in [9.17, 15) is 4.79 Å². The lowest BCUT2D eigenvalue weighted by molar-refractivity contribution is 0.0940. The molecule has 1 atom stereocenters. The van der Waals surface area contributed by atoms with Crippen LogP contribution in [0.25, 0.3) is 10.6 Å². The minimum absolute atomic E-state index is 0. The highest BCUT2D eigenvalue weighted by molar-refractivity contribution is 7.13. The molecule has 2 heterocycles. The molecule has 1 unspecified atom stereocenters. The molecular weight excluding hydrogens is 341 g/mol. The van der Waals surface area contributed by atoms with Gasteiger partial charge in [-0.05, 0) is 32.0 Å². The molecule has 1 aromatic heterocycles. The van der Waals surface area contributed by atoms with Crippen LogP contribution in [0.4, 0.5) is 0 Å². The van der Waals surface area contributed by atoms with E-state index in [1.165, 1.54) is 0 Å². The molecule has 1 aliphatic heterocycles. The van der Waals surface area contributed by atoms with Crippen molar-refractivity contribution in [3.63, 3.8) is 0 Å². The topological polar surface area (TPSA) is 54.0 Å². The van der Waals surface area contributed by atoms with Crippen LogP contribution in [0.15, 0.2) is 29.6 Å². The Morgan fingerprint density at radius 2 is 2.23 bits per heavy atom. The average Bonchev–Trinajstić information content (AvgIpc) is 3.10. The number of rotatable bonds is 3. The summed E-state index contributed by atoms with van der Waals surface area (Å²) in [4.78, 5) is 16.7. The maximum Gasteiger partial charge on any atom is 0.251 e. The molecule has 2 N–H and O–H groups in total. The Labute approximate surface area is 146 Å². The third-order valence-corrected chi connectivity index (χ3v) is 4.40. The molecule has 3 rings (SSSR count). The van der Waals surface area contributed by atoms with Crippen molar-refractivity contribution in [3.05, 3.63) is 40.9 Å². The number of amides is 1. The van der Waals surface area contributed by atoms with E-state index in [4.69, 9.17) is 0 Å². The first-order valence-electron chi connectivity index (χ1n) is 6.76. The highest BCUT2D eigenvalue weighted by Gasteiger charge is 2.17. The second kappa shape index (κ2) is 8.48. The number of carbonyl (C=O) groups is 1. The van der Waals surface area contributed by atoms with E-state index in [-0.39, 0.29) is 36.8 Å². The van der Waals surface area contributed by atoms with Gasteiger partial charge in [0, 0.05) is 34.8 Å². The summed E-state index contributed by atoms with van der Waals surface area (Å²) in [5.41, 5.74) is 2.71. The molecule has 0 aliphatic carbocycles. The lowest BCUT2D eigenvalue weighted by Crippen LogP contribution is -2.36. The molecular formula is C15H19Cl2N3OS.